The number of aliphatic hydroxyl groups excluding tert-OH is 1. The molecule has 2 aliphatic rings. The van der Waals surface area contributed by atoms with Crippen LogP contribution in [-0.4, -0.2) is 11.2 Å². The SMILES string of the molecule is CCCCCC1CCC(C#CC(O)C[C@H]2CC[C@H](CCC)CC2)CC1. The van der Waals surface area contributed by atoms with Crippen LogP contribution in [0.5, 0.6) is 0 Å². The maximum atomic E-state index is 10.3. The van der Waals surface area contributed by atoms with E-state index in [9.17, 15) is 5.11 Å². The molecule has 1 nitrogen and oxygen atoms in total. The summed E-state index contributed by atoms with van der Waals surface area (Å²) in [5, 5.41) is 10.3. The van der Waals surface area contributed by atoms with Crippen LogP contribution < -0.4 is 0 Å². The Balaban J connectivity index is 1.61. The van der Waals surface area contributed by atoms with Gasteiger partial charge < -0.3 is 5.11 Å². The maximum absolute atomic E-state index is 10.3. The van der Waals surface area contributed by atoms with Gasteiger partial charge in [-0.1, -0.05) is 89.9 Å². The quantitative estimate of drug-likeness (QED) is 0.381. The molecule has 2 saturated carbocycles. The van der Waals surface area contributed by atoms with Crippen molar-refractivity contribution in [2.45, 2.75) is 116 Å². The molecule has 0 aromatic heterocycles. The van der Waals surface area contributed by atoms with Crippen LogP contribution in [0.2, 0.25) is 0 Å². The number of aliphatic hydroxyl groups is 1. The Kier molecular flexibility index (Phi) is 10.0. The highest BCUT2D eigenvalue weighted by atomic mass is 16.3. The van der Waals surface area contributed by atoms with Crippen LogP contribution in [0.15, 0.2) is 0 Å². The molecular weight excluding hydrogens is 304 g/mol. The lowest BCUT2D eigenvalue weighted by Gasteiger charge is -2.29. The fourth-order valence-corrected chi connectivity index (χ4v) is 5.03. The van der Waals surface area contributed by atoms with Gasteiger partial charge in [0.15, 0.2) is 0 Å². The molecule has 1 heteroatoms. The molecule has 144 valence electrons. The lowest BCUT2D eigenvalue weighted by Crippen LogP contribution is -2.19. The van der Waals surface area contributed by atoms with Gasteiger partial charge in [0.25, 0.3) is 0 Å². The average molecular weight is 347 g/mol. The molecule has 0 radical (unpaired) electrons. The van der Waals surface area contributed by atoms with Gasteiger partial charge in [0.2, 0.25) is 0 Å². The summed E-state index contributed by atoms with van der Waals surface area (Å²) < 4.78 is 0. The summed E-state index contributed by atoms with van der Waals surface area (Å²) in [5.74, 6) is 9.81. The fraction of sp³-hybridized carbons (Fsp3) is 0.917. The number of hydrogen-bond acceptors (Lipinski definition) is 1. The summed E-state index contributed by atoms with van der Waals surface area (Å²) in [6.45, 7) is 4.58. The van der Waals surface area contributed by atoms with E-state index in [1.165, 1.54) is 89.9 Å². The Labute approximate surface area is 157 Å². The summed E-state index contributed by atoms with van der Waals surface area (Å²) in [5.41, 5.74) is 0. The van der Waals surface area contributed by atoms with Crippen molar-refractivity contribution in [1.29, 1.82) is 0 Å². The molecule has 0 aromatic carbocycles. The molecule has 0 aromatic rings. The Hall–Kier alpha value is -0.480. The highest BCUT2D eigenvalue weighted by molar-refractivity contribution is 5.09. The largest absolute Gasteiger partial charge is 0.380 e. The fourth-order valence-electron chi connectivity index (χ4n) is 5.03. The monoisotopic (exact) mass is 346 g/mol. The van der Waals surface area contributed by atoms with Gasteiger partial charge in [0.05, 0.1) is 0 Å². The lowest BCUT2D eigenvalue weighted by atomic mass is 9.78. The first-order valence-electron chi connectivity index (χ1n) is 11.4. The molecule has 25 heavy (non-hydrogen) atoms. The smallest absolute Gasteiger partial charge is 0.115 e. The van der Waals surface area contributed by atoms with Crippen LogP contribution in [0, 0.1) is 35.5 Å². The van der Waals surface area contributed by atoms with Crippen LogP contribution in [0.4, 0.5) is 0 Å². The van der Waals surface area contributed by atoms with E-state index < -0.39 is 0 Å². The molecule has 2 rings (SSSR count). The van der Waals surface area contributed by atoms with Gasteiger partial charge in [0.1, 0.15) is 6.10 Å². The molecule has 1 unspecified atom stereocenters. The molecule has 0 spiro atoms. The predicted molar refractivity (Wildman–Crippen MR) is 108 cm³/mol. The third-order valence-electron chi connectivity index (χ3n) is 6.74. The van der Waals surface area contributed by atoms with Crippen LogP contribution >= 0.6 is 0 Å². The van der Waals surface area contributed by atoms with Crippen LogP contribution in [0.3, 0.4) is 0 Å². The first kappa shape index (κ1) is 20.8. The third kappa shape index (κ3) is 8.17. The number of hydrogen-bond donors (Lipinski definition) is 1. The molecule has 0 heterocycles. The molecule has 2 aliphatic carbocycles. The third-order valence-corrected chi connectivity index (χ3v) is 6.74. The second-order valence-electron chi connectivity index (χ2n) is 8.93. The van der Waals surface area contributed by atoms with E-state index >= 15 is 0 Å². The summed E-state index contributed by atoms with van der Waals surface area (Å²) in [6.07, 6.45) is 19.5. The minimum atomic E-state index is -0.380. The van der Waals surface area contributed by atoms with Gasteiger partial charge in [-0.2, -0.15) is 0 Å². The van der Waals surface area contributed by atoms with Crippen molar-refractivity contribution in [3.8, 4) is 11.8 Å². The Bertz CT molecular complexity index is 388. The van der Waals surface area contributed by atoms with Crippen molar-refractivity contribution in [2.24, 2.45) is 23.7 Å². The van der Waals surface area contributed by atoms with Gasteiger partial charge in [-0.15, -0.1) is 0 Å². The van der Waals surface area contributed by atoms with Gasteiger partial charge in [-0.05, 0) is 49.9 Å². The summed E-state index contributed by atoms with van der Waals surface area (Å²) in [4.78, 5) is 0. The van der Waals surface area contributed by atoms with E-state index in [4.69, 9.17) is 0 Å². The van der Waals surface area contributed by atoms with Gasteiger partial charge >= 0.3 is 0 Å². The van der Waals surface area contributed by atoms with Crippen molar-refractivity contribution in [2.75, 3.05) is 0 Å². The topological polar surface area (TPSA) is 20.2 Å². The van der Waals surface area contributed by atoms with E-state index in [-0.39, 0.29) is 6.10 Å². The normalized spacial score (nSPS) is 31.2. The highest BCUT2D eigenvalue weighted by Crippen LogP contribution is 2.34. The second-order valence-corrected chi connectivity index (χ2v) is 8.93. The predicted octanol–water partition coefficient (Wildman–Crippen LogP) is 6.73. The second kappa shape index (κ2) is 12.0. The van der Waals surface area contributed by atoms with Crippen molar-refractivity contribution in [3.05, 3.63) is 0 Å². The van der Waals surface area contributed by atoms with Crippen molar-refractivity contribution in [3.63, 3.8) is 0 Å². The van der Waals surface area contributed by atoms with E-state index in [2.05, 4.69) is 25.7 Å². The zero-order chi connectivity index (χ0) is 17.9. The van der Waals surface area contributed by atoms with Crippen molar-refractivity contribution in [1.82, 2.24) is 0 Å². The molecule has 0 aliphatic heterocycles. The van der Waals surface area contributed by atoms with Crippen LogP contribution in [0.1, 0.15) is 110 Å². The standard InChI is InChI=1S/C24H42O/c1-3-5-6-8-21-9-11-22(12-10-21)17-18-24(25)19-23-15-13-20(7-4-2)14-16-23/h20-25H,3-16,19H2,1-2H3/t20-,21?,22?,23-,24?. The van der Waals surface area contributed by atoms with Crippen molar-refractivity contribution < 1.29 is 5.11 Å². The zero-order valence-corrected chi connectivity index (χ0v) is 16.9. The van der Waals surface area contributed by atoms with Crippen LogP contribution in [0.25, 0.3) is 0 Å². The Morgan fingerprint density at radius 2 is 1.36 bits per heavy atom. The summed E-state index contributed by atoms with van der Waals surface area (Å²) in [7, 11) is 0. The molecule has 0 amide bonds. The Morgan fingerprint density at radius 1 is 0.760 bits per heavy atom. The van der Waals surface area contributed by atoms with E-state index in [0.29, 0.717) is 11.8 Å². The molecule has 0 saturated heterocycles. The van der Waals surface area contributed by atoms with Crippen LogP contribution in [-0.2, 0) is 0 Å². The molecule has 1 atom stereocenters. The molecule has 0 bridgehead atoms. The Morgan fingerprint density at radius 3 is 2.00 bits per heavy atom. The summed E-state index contributed by atoms with van der Waals surface area (Å²) >= 11 is 0. The molecular formula is C24H42O. The minimum absolute atomic E-state index is 0.380. The zero-order valence-electron chi connectivity index (χ0n) is 16.9. The first-order chi connectivity index (χ1) is 12.2. The van der Waals surface area contributed by atoms with Gasteiger partial charge in [0, 0.05) is 5.92 Å². The number of rotatable bonds is 8. The van der Waals surface area contributed by atoms with Gasteiger partial charge in [-0.3, -0.25) is 0 Å². The molecule has 2 fully saturated rings. The number of unbranched alkanes of at least 4 members (excludes halogenated alkanes) is 2. The van der Waals surface area contributed by atoms with Crippen molar-refractivity contribution >= 4 is 0 Å². The van der Waals surface area contributed by atoms with Gasteiger partial charge in [-0.25, -0.2) is 0 Å². The molecule has 1 N–H and O–H groups in total. The van der Waals surface area contributed by atoms with E-state index in [0.717, 1.165) is 18.3 Å². The van der Waals surface area contributed by atoms with E-state index in [1.54, 1.807) is 0 Å². The highest BCUT2D eigenvalue weighted by Gasteiger charge is 2.23. The minimum Gasteiger partial charge on any atom is -0.380 e. The van der Waals surface area contributed by atoms with E-state index in [1.807, 2.05) is 0 Å². The lowest BCUT2D eigenvalue weighted by molar-refractivity contribution is 0.162. The average Bonchev–Trinajstić information content (AvgIpc) is 2.63. The summed E-state index contributed by atoms with van der Waals surface area (Å²) in [6, 6.07) is 0. The first-order valence-corrected chi connectivity index (χ1v) is 11.4. The maximum Gasteiger partial charge on any atom is 0.115 e.